The molecule has 0 spiro atoms. The van der Waals surface area contributed by atoms with Gasteiger partial charge in [-0.25, -0.2) is 4.98 Å². The number of hydrogen-bond donors (Lipinski definition) is 0. The summed E-state index contributed by atoms with van der Waals surface area (Å²) in [5.41, 5.74) is 10.9. The minimum absolute atomic E-state index is 0. The molecule has 8 aromatic rings. The van der Waals surface area contributed by atoms with E-state index in [2.05, 4.69) is 75.4 Å². The molecule has 0 bridgehead atoms. The van der Waals surface area contributed by atoms with E-state index < -0.39 is 16.4 Å². The number of aromatic nitrogens is 5. The molecule has 0 atom stereocenters. The first-order valence-corrected chi connectivity index (χ1v) is 22.9. The maximum atomic E-state index is 9.87. The van der Waals surface area contributed by atoms with E-state index in [1.54, 1.807) is 24.8 Å². The van der Waals surface area contributed by atoms with Gasteiger partial charge < -0.3 is 9.97 Å². The van der Waals surface area contributed by atoms with Crippen LogP contribution in [0.3, 0.4) is 0 Å². The third kappa shape index (κ3) is 27.1. The first kappa shape index (κ1) is 56.9. The molecule has 0 aliphatic rings. The van der Waals surface area contributed by atoms with Crippen LogP contribution in [0.2, 0.25) is 0 Å². The molecule has 19 heteroatoms. The van der Waals surface area contributed by atoms with Gasteiger partial charge in [-0.1, -0.05) is 136 Å². The van der Waals surface area contributed by atoms with Crippen molar-refractivity contribution in [2.24, 2.45) is 0 Å². The van der Waals surface area contributed by atoms with Crippen LogP contribution in [-0.2, 0) is 20.1 Å². The molecule has 3 aromatic carbocycles. The zero-order valence-corrected chi connectivity index (χ0v) is 41.4. The van der Waals surface area contributed by atoms with Crippen LogP contribution in [-0.4, -0.2) is 33.5 Å². The van der Waals surface area contributed by atoms with E-state index in [1.165, 1.54) is 5.56 Å². The van der Waals surface area contributed by atoms with Crippen molar-refractivity contribution in [1.29, 1.82) is 0 Å². The Morgan fingerprint density at radius 2 is 0.723 bits per heavy atom. The first-order chi connectivity index (χ1) is 30.1. The SMILES string of the molecule is Cc1ccc(-c2cc(-c3ccccn3)nc(-c3ccccn3)c2)cc1.ClC(Cl)Cl.ClC(Cl)Cl.F[P-](F)(F)(F)(F)F.[Ir+3].[c-]1ccccc1-c1ccccn1.[c-]1ccccc1-c1ccccn1. The van der Waals surface area contributed by atoms with Crippen LogP contribution in [0, 0.1) is 19.1 Å². The molecule has 0 unspecified atom stereocenters. The van der Waals surface area contributed by atoms with Crippen molar-refractivity contribution >= 4 is 77.4 Å². The first-order valence-electron chi connectivity index (χ1n) is 18.2. The van der Waals surface area contributed by atoms with Gasteiger partial charge in [-0.05, 0) is 78.0 Å². The number of rotatable bonds is 5. The second-order valence-corrected chi connectivity index (χ2v) is 18.2. The van der Waals surface area contributed by atoms with E-state index in [1.807, 2.05) is 121 Å². The Bertz CT molecular complexity index is 2290. The van der Waals surface area contributed by atoms with Crippen LogP contribution < -0.4 is 0 Å². The number of aryl methyl sites for hydroxylation is 1. The van der Waals surface area contributed by atoms with Crippen molar-refractivity contribution in [1.82, 2.24) is 24.9 Å². The Morgan fingerprint density at radius 1 is 0.415 bits per heavy atom. The molecule has 0 aliphatic carbocycles. The predicted octanol–water partition coefficient (Wildman–Crippen LogP) is 17.6. The molecule has 0 saturated carbocycles. The maximum Gasteiger partial charge on any atom is 3.00 e. The monoisotopic (exact) mass is 1210 g/mol. The number of hydrogen-bond acceptors (Lipinski definition) is 5. The van der Waals surface area contributed by atoms with Gasteiger partial charge in [0.05, 0.1) is 22.8 Å². The normalized spacial score (nSPS) is 11.2. The van der Waals surface area contributed by atoms with Gasteiger partial charge in [0, 0.05) is 24.8 Å². The molecule has 0 saturated heterocycles. The minimum Gasteiger partial charge on any atom is -0.305 e. The van der Waals surface area contributed by atoms with Gasteiger partial charge in [-0.3, -0.25) is 9.97 Å². The van der Waals surface area contributed by atoms with Crippen LogP contribution in [0.25, 0.3) is 56.4 Å². The summed E-state index contributed by atoms with van der Waals surface area (Å²) in [5, 5.41) is 0. The number of pyridine rings is 5. The van der Waals surface area contributed by atoms with Gasteiger partial charge in [0.15, 0.2) is 8.59 Å². The third-order valence-electron chi connectivity index (χ3n) is 7.36. The standard InChI is InChI=1S/C22H17N3.2C11H8N.2CHCl3.F6P.Ir/c1-16-8-10-17(11-9-16)18-14-21(19-6-2-4-12-23-19)25-22(15-18)20-7-3-5-13-24-20;2*1-2-6-10(7-3-1)11-8-4-5-9-12-11;2*2-1(3)4;1-7(2,3,4,5)6;/h2-15H,1H3;2*1-6,8-9H;2*1H;;/q;2*-1;;;-1;+3. The summed E-state index contributed by atoms with van der Waals surface area (Å²) in [6.45, 7) is 2.09. The molecule has 65 heavy (non-hydrogen) atoms. The quantitative estimate of drug-likeness (QED) is 0.0744. The second kappa shape index (κ2) is 27.4. The number of halogens is 12. The summed E-state index contributed by atoms with van der Waals surface area (Å²) in [6, 6.07) is 58.0. The zero-order chi connectivity index (χ0) is 47.1. The Hall–Kier alpha value is -4.19. The molecule has 0 aliphatic heterocycles. The Morgan fingerprint density at radius 3 is 1.00 bits per heavy atom. The van der Waals surface area contributed by atoms with Crippen molar-refractivity contribution in [3.05, 3.63) is 200 Å². The van der Waals surface area contributed by atoms with Crippen LogP contribution in [0.4, 0.5) is 25.2 Å². The number of nitrogens with zero attached hydrogens (tertiary/aromatic N) is 5. The molecular formula is C46H35Cl6F6IrN5P. The van der Waals surface area contributed by atoms with E-state index >= 15 is 0 Å². The summed E-state index contributed by atoms with van der Waals surface area (Å²) in [5.74, 6) is 0. The summed E-state index contributed by atoms with van der Waals surface area (Å²) < 4.78 is 57.7. The molecule has 342 valence electrons. The van der Waals surface area contributed by atoms with Gasteiger partial charge in [0.25, 0.3) is 0 Å². The fourth-order valence-corrected chi connectivity index (χ4v) is 4.88. The zero-order valence-electron chi connectivity index (χ0n) is 33.5. The topological polar surface area (TPSA) is 64.5 Å². The predicted molar refractivity (Wildman–Crippen MR) is 254 cm³/mol. The minimum atomic E-state index is -10.7. The van der Waals surface area contributed by atoms with Gasteiger partial charge in [0.2, 0.25) is 0 Å². The fourth-order valence-electron chi connectivity index (χ4n) is 4.88. The molecule has 0 radical (unpaired) electrons. The van der Waals surface area contributed by atoms with Crippen molar-refractivity contribution in [3.8, 4) is 56.4 Å². The van der Waals surface area contributed by atoms with Gasteiger partial charge >= 0.3 is 53.1 Å². The maximum absolute atomic E-state index is 10.7. The largest absolute Gasteiger partial charge is 3.00 e. The Kier molecular flexibility index (Phi) is 24.0. The molecule has 5 nitrogen and oxygen atoms in total. The molecule has 5 heterocycles. The van der Waals surface area contributed by atoms with E-state index in [0.29, 0.717) is 0 Å². The van der Waals surface area contributed by atoms with Crippen LogP contribution >= 0.6 is 77.4 Å². The summed E-state index contributed by atoms with van der Waals surface area (Å²) in [6.07, 6.45) is 7.15. The van der Waals surface area contributed by atoms with E-state index in [9.17, 15) is 25.2 Å². The average Bonchev–Trinajstić information content (AvgIpc) is 3.27. The van der Waals surface area contributed by atoms with Crippen molar-refractivity contribution in [2.75, 3.05) is 0 Å². The van der Waals surface area contributed by atoms with Crippen molar-refractivity contribution < 1.29 is 45.3 Å². The molecular weight excluding hydrogens is 1170 g/mol. The molecule has 0 amide bonds. The number of alkyl halides is 6. The van der Waals surface area contributed by atoms with Crippen molar-refractivity contribution in [3.63, 3.8) is 0 Å². The van der Waals surface area contributed by atoms with Crippen molar-refractivity contribution in [2.45, 2.75) is 15.5 Å². The van der Waals surface area contributed by atoms with Gasteiger partial charge in [-0.15, -0.1) is 71.8 Å². The average molecular weight is 1210 g/mol. The summed E-state index contributed by atoms with van der Waals surface area (Å²) in [4.78, 5) is 22.1. The summed E-state index contributed by atoms with van der Waals surface area (Å²) >= 11 is 28.8. The van der Waals surface area contributed by atoms with E-state index in [0.717, 1.165) is 56.4 Å². The van der Waals surface area contributed by atoms with E-state index in [-0.39, 0.29) is 20.1 Å². The molecule has 5 aromatic heterocycles. The number of benzene rings is 3. The molecule has 0 fully saturated rings. The third-order valence-corrected chi connectivity index (χ3v) is 7.36. The van der Waals surface area contributed by atoms with Crippen LogP contribution in [0.15, 0.2) is 183 Å². The second-order valence-electron chi connectivity index (χ2n) is 12.4. The summed E-state index contributed by atoms with van der Waals surface area (Å²) in [7, 11) is -10.7. The fraction of sp³-hybridized carbons (Fsp3) is 0.0652. The smallest absolute Gasteiger partial charge is 0.305 e. The molecule has 8 rings (SSSR count). The van der Waals surface area contributed by atoms with Gasteiger partial charge in [-0.2, -0.15) is 0 Å². The Labute approximate surface area is 416 Å². The van der Waals surface area contributed by atoms with E-state index in [4.69, 9.17) is 74.6 Å². The van der Waals surface area contributed by atoms with Crippen LogP contribution in [0.5, 0.6) is 0 Å². The molecule has 0 N–H and O–H groups in total. The van der Waals surface area contributed by atoms with Crippen LogP contribution in [0.1, 0.15) is 5.56 Å². The Balaban J connectivity index is 0.000000306. The van der Waals surface area contributed by atoms with Gasteiger partial charge in [0.1, 0.15) is 0 Å².